The van der Waals surface area contributed by atoms with E-state index in [2.05, 4.69) is 104 Å². The van der Waals surface area contributed by atoms with Crippen LogP contribution < -0.4 is 0 Å². The van der Waals surface area contributed by atoms with Gasteiger partial charge in [0.15, 0.2) is 0 Å². The predicted octanol–water partition coefficient (Wildman–Crippen LogP) is 8.57. The Morgan fingerprint density at radius 1 is 0.545 bits per heavy atom. The highest BCUT2D eigenvalue weighted by molar-refractivity contribution is 8.27. The summed E-state index contributed by atoms with van der Waals surface area (Å²) in [6.45, 7) is 2.11. The van der Waals surface area contributed by atoms with Crippen LogP contribution in [-0.2, 0) is 0 Å². The lowest BCUT2D eigenvalue weighted by Gasteiger charge is -2.18. The van der Waals surface area contributed by atoms with Gasteiger partial charge in [-0.2, -0.15) is 0 Å². The Hall–Kier alpha value is -3.08. The maximum Gasteiger partial charge on any atom is 0.129 e. The minimum Gasteiger partial charge on any atom is -0.239 e. The zero-order valence-electron chi connectivity index (χ0n) is 18.4. The van der Waals surface area contributed by atoms with Crippen LogP contribution in [0.2, 0.25) is 0 Å². The zero-order chi connectivity index (χ0) is 22.5. The van der Waals surface area contributed by atoms with E-state index in [4.69, 9.17) is 9.98 Å². The van der Waals surface area contributed by atoms with Gasteiger partial charge in [0.2, 0.25) is 0 Å². The quantitative estimate of drug-likeness (QED) is 0.302. The number of hydrogen-bond acceptors (Lipinski definition) is 4. The Balaban J connectivity index is 1.69. The van der Waals surface area contributed by atoms with E-state index in [0.717, 1.165) is 44.1 Å². The van der Waals surface area contributed by atoms with E-state index in [9.17, 15) is 0 Å². The standard InChI is InChI=1S/C29H24N2S2/c1-21-11-8-9-18-26(21)30-28-29(33-20-19-32-28)31-27-24(22-12-4-2-5-13-22)16-10-17-25(27)23-14-6-3-7-15-23/h2-18H,19-20H2,1H3. The summed E-state index contributed by atoms with van der Waals surface area (Å²) >= 11 is 3.59. The number of thioether (sulfide) groups is 2. The van der Waals surface area contributed by atoms with Gasteiger partial charge in [-0.3, -0.25) is 0 Å². The average molecular weight is 465 g/mol. The fourth-order valence-electron chi connectivity index (χ4n) is 3.83. The lowest BCUT2D eigenvalue weighted by atomic mass is 9.96. The number of benzene rings is 4. The van der Waals surface area contributed by atoms with Crippen molar-refractivity contribution in [2.75, 3.05) is 11.5 Å². The van der Waals surface area contributed by atoms with Crippen LogP contribution in [0.1, 0.15) is 5.56 Å². The highest BCUT2D eigenvalue weighted by Gasteiger charge is 2.20. The van der Waals surface area contributed by atoms with Crippen LogP contribution in [0, 0.1) is 6.92 Å². The molecule has 33 heavy (non-hydrogen) atoms. The molecular weight excluding hydrogens is 440 g/mol. The van der Waals surface area contributed by atoms with Crippen molar-refractivity contribution in [2.24, 2.45) is 9.98 Å². The molecule has 0 unspecified atom stereocenters. The van der Waals surface area contributed by atoms with Gasteiger partial charge in [0, 0.05) is 22.6 Å². The molecule has 0 spiro atoms. The van der Waals surface area contributed by atoms with Gasteiger partial charge in [-0.25, -0.2) is 9.98 Å². The third kappa shape index (κ3) is 4.97. The van der Waals surface area contributed by atoms with Gasteiger partial charge in [-0.15, -0.1) is 23.5 Å². The van der Waals surface area contributed by atoms with Gasteiger partial charge in [-0.1, -0.05) is 97.1 Å². The van der Waals surface area contributed by atoms with Crippen molar-refractivity contribution >= 4 is 45.0 Å². The van der Waals surface area contributed by atoms with Crippen molar-refractivity contribution in [3.63, 3.8) is 0 Å². The van der Waals surface area contributed by atoms with Crippen LogP contribution >= 0.6 is 23.5 Å². The molecule has 1 aliphatic rings. The van der Waals surface area contributed by atoms with E-state index in [1.807, 2.05) is 6.07 Å². The second kappa shape index (κ2) is 10.2. The molecule has 0 N–H and O–H groups in total. The van der Waals surface area contributed by atoms with Crippen LogP contribution in [0.25, 0.3) is 22.3 Å². The minimum absolute atomic E-state index is 0.995. The molecule has 0 amide bonds. The van der Waals surface area contributed by atoms with E-state index in [0.29, 0.717) is 0 Å². The molecule has 4 aromatic carbocycles. The Labute approximate surface area is 203 Å². The van der Waals surface area contributed by atoms with E-state index < -0.39 is 0 Å². The van der Waals surface area contributed by atoms with E-state index in [1.54, 1.807) is 23.5 Å². The van der Waals surface area contributed by atoms with Crippen LogP contribution in [0.3, 0.4) is 0 Å². The molecule has 4 heteroatoms. The first-order valence-electron chi connectivity index (χ1n) is 11.0. The van der Waals surface area contributed by atoms with Gasteiger partial charge in [-0.05, 0) is 29.7 Å². The van der Waals surface area contributed by atoms with Crippen LogP contribution in [0.5, 0.6) is 0 Å². The van der Waals surface area contributed by atoms with Crippen molar-refractivity contribution in [2.45, 2.75) is 6.92 Å². The number of aliphatic imine (C=N–C) groups is 2. The van der Waals surface area contributed by atoms with E-state index >= 15 is 0 Å². The molecule has 0 aliphatic carbocycles. The number of nitrogens with zero attached hydrogens (tertiary/aromatic N) is 2. The maximum absolute atomic E-state index is 5.31. The van der Waals surface area contributed by atoms with Crippen molar-refractivity contribution in [3.05, 3.63) is 109 Å². The first kappa shape index (κ1) is 21.7. The highest BCUT2D eigenvalue weighted by atomic mass is 32.2. The van der Waals surface area contributed by atoms with Gasteiger partial charge < -0.3 is 0 Å². The first-order chi connectivity index (χ1) is 16.3. The van der Waals surface area contributed by atoms with Crippen LogP contribution in [0.4, 0.5) is 11.4 Å². The Bertz CT molecular complexity index is 1250. The summed E-state index contributed by atoms with van der Waals surface area (Å²) in [5.74, 6) is 2.07. The summed E-state index contributed by atoms with van der Waals surface area (Å²) in [5, 5.41) is 2.00. The molecule has 0 bridgehead atoms. The average Bonchev–Trinajstić information content (AvgIpc) is 2.88. The molecule has 4 aromatic rings. The molecule has 1 heterocycles. The van der Waals surface area contributed by atoms with Crippen molar-refractivity contribution in [3.8, 4) is 22.3 Å². The largest absolute Gasteiger partial charge is 0.239 e. The molecule has 0 saturated carbocycles. The molecule has 0 radical (unpaired) electrons. The number of rotatable bonds is 4. The summed E-state index contributed by atoms with van der Waals surface area (Å²) in [5.41, 5.74) is 7.79. The monoisotopic (exact) mass is 464 g/mol. The fraction of sp³-hybridized carbons (Fsp3) is 0.103. The molecular formula is C29H24N2S2. The highest BCUT2D eigenvalue weighted by Crippen LogP contribution is 2.41. The molecule has 1 aliphatic heterocycles. The maximum atomic E-state index is 5.31. The summed E-state index contributed by atoms with van der Waals surface area (Å²) in [6, 6.07) is 35.8. The normalized spacial score (nSPS) is 16.3. The molecule has 1 saturated heterocycles. The summed E-state index contributed by atoms with van der Waals surface area (Å²) < 4.78 is 0. The summed E-state index contributed by atoms with van der Waals surface area (Å²) in [4.78, 5) is 10.3. The molecule has 1 fully saturated rings. The third-order valence-electron chi connectivity index (χ3n) is 5.50. The van der Waals surface area contributed by atoms with Crippen LogP contribution in [-0.4, -0.2) is 21.6 Å². The molecule has 2 nitrogen and oxygen atoms in total. The van der Waals surface area contributed by atoms with Crippen molar-refractivity contribution in [1.29, 1.82) is 0 Å². The SMILES string of the molecule is Cc1ccccc1N=C1SCCSC1=Nc1c(-c2ccccc2)cccc1-c1ccccc1. The predicted molar refractivity (Wildman–Crippen MR) is 148 cm³/mol. The molecule has 5 rings (SSSR count). The lowest BCUT2D eigenvalue weighted by Crippen LogP contribution is -2.14. The van der Waals surface area contributed by atoms with E-state index in [1.165, 1.54) is 16.7 Å². The van der Waals surface area contributed by atoms with Gasteiger partial charge in [0.1, 0.15) is 10.1 Å². The topological polar surface area (TPSA) is 24.7 Å². The first-order valence-corrected chi connectivity index (χ1v) is 13.0. The molecule has 0 aromatic heterocycles. The Morgan fingerprint density at radius 3 is 1.64 bits per heavy atom. The molecule has 162 valence electrons. The molecule has 0 atom stereocenters. The van der Waals surface area contributed by atoms with Gasteiger partial charge in [0.05, 0.1) is 11.4 Å². The second-order valence-corrected chi connectivity index (χ2v) is 9.92. The smallest absolute Gasteiger partial charge is 0.129 e. The Kier molecular flexibility index (Phi) is 6.75. The second-order valence-electron chi connectivity index (χ2n) is 7.75. The van der Waals surface area contributed by atoms with Gasteiger partial charge in [0.25, 0.3) is 0 Å². The number of aryl methyl sites for hydroxylation is 1. The zero-order valence-corrected chi connectivity index (χ0v) is 20.1. The van der Waals surface area contributed by atoms with Gasteiger partial charge >= 0.3 is 0 Å². The number of para-hydroxylation sites is 2. The third-order valence-corrected chi connectivity index (χ3v) is 7.82. The summed E-state index contributed by atoms with van der Waals surface area (Å²) in [6.07, 6.45) is 0. The van der Waals surface area contributed by atoms with Crippen molar-refractivity contribution < 1.29 is 0 Å². The fourth-order valence-corrected chi connectivity index (χ4v) is 5.89. The minimum atomic E-state index is 0.995. The number of hydrogen-bond donors (Lipinski definition) is 0. The summed E-state index contributed by atoms with van der Waals surface area (Å²) in [7, 11) is 0. The lowest BCUT2D eigenvalue weighted by molar-refractivity contribution is 1.40. The Morgan fingerprint density at radius 2 is 1.06 bits per heavy atom. The van der Waals surface area contributed by atoms with E-state index in [-0.39, 0.29) is 0 Å². The van der Waals surface area contributed by atoms with Crippen molar-refractivity contribution in [1.82, 2.24) is 0 Å². The van der Waals surface area contributed by atoms with Crippen LogP contribution in [0.15, 0.2) is 113 Å².